The number of piperidine rings is 1. The molecule has 2 aromatic rings. The van der Waals surface area contributed by atoms with Crippen LogP contribution in [0.4, 0.5) is 0 Å². The van der Waals surface area contributed by atoms with E-state index < -0.39 is 10.0 Å². The number of sulfonamides is 1. The second-order valence-corrected chi connectivity index (χ2v) is 10.9. The SMILES string of the molecule is CC(=O)c1ccc(S(=O)(=O)N2CCC(C(=O)NCC(c3cccs3)N(C)C)CC2)cc1. The Bertz CT molecular complexity index is 994. The van der Waals surface area contributed by atoms with Crippen LogP contribution in [-0.4, -0.2) is 63.0 Å². The molecular formula is C22H29N3O4S2. The van der Waals surface area contributed by atoms with Crippen LogP contribution < -0.4 is 5.32 Å². The van der Waals surface area contributed by atoms with Crippen molar-refractivity contribution in [1.29, 1.82) is 0 Å². The summed E-state index contributed by atoms with van der Waals surface area (Å²) in [7, 11) is 0.343. The maximum Gasteiger partial charge on any atom is 0.243 e. The Morgan fingerprint density at radius 3 is 2.32 bits per heavy atom. The molecule has 1 aromatic carbocycles. The van der Waals surface area contributed by atoms with Crippen LogP contribution in [0.3, 0.4) is 0 Å². The molecule has 0 spiro atoms. The van der Waals surface area contributed by atoms with E-state index in [2.05, 4.69) is 16.3 Å². The topological polar surface area (TPSA) is 86.8 Å². The molecular weight excluding hydrogens is 434 g/mol. The van der Waals surface area contributed by atoms with Crippen molar-refractivity contribution >= 4 is 33.1 Å². The first kappa shape index (κ1) is 23.6. The Morgan fingerprint density at radius 1 is 1.16 bits per heavy atom. The fourth-order valence-electron chi connectivity index (χ4n) is 3.73. The van der Waals surface area contributed by atoms with E-state index in [1.165, 1.54) is 40.4 Å². The molecule has 168 valence electrons. The lowest BCUT2D eigenvalue weighted by molar-refractivity contribution is -0.126. The van der Waals surface area contributed by atoms with Crippen molar-refractivity contribution in [2.75, 3.05) is 33.7 Å². The molecule has 1 aromatic heterocycles. The minimum atomic E-state index is -3.64. The molecule has 9 heteroatoms. The third kappa shape index (κ3) is 5.60. The van der Waals surface area contributed by atoms with Crippen molar-refractivity contribution < 1.29 is 18.0 Å². The highest BCUT2D eigenvalue weighted by Gasteiger charge is 2.32. The molecule has 1 aliphatic rings. The molecule has 0 bridgehead atoms. The van der Waals surface area contributed by atoms with E-state index in [1.807, 2.05) is 25.5 Å². The molecule has 0 saturated carbocycles. The largest absolute Gasteiger partial charge is 0.354 e. The Labute approximate surface area is 188 Å². The third-order valence-electron chi connectivity index (χ3n) is 5.69. The zero-order chi connectivity index (χ0) is 22.6. The van der Waals surface area contributed by atoms with Gasteiger partial charge in [-0.05, 0) is 57.4 Å². The van der Waals surface area contributed by atoms with Gasteiger partial charge >= 0.3 is 0 Å². The first-order valence-electron chi connectivity index (χ1n) is 10.3. The summed E-state index contributed by atoms with van der Waals surface area (Å²) >= 11 is 1.66. The number of carbonyl (C=O) groups is 2. The lowest BCUT2D eigenvalue weighted by Crippen LogP contribution is -2.44. The molecule has 1 N–H and O–H groups in total. The van der Waals surface area contributed by atoms with Crippen LogP contribution in [0.15, 0.2) is 46.7 Å². The summed E-state index contributed by atoms with van der Waals surface area (Å²) in [5.74, 6) is -0.324. The van der Waals surface area contributed by atoms with Crippen molar-refractivity contribution in [1.82, 2.24) is 14.5 Å². The molecule has 3 rings (SSSR count). The zero-order valence-electron chi connectivity index (χ0n) is 18.1. The average Bonchev–Trinajstić information content (AvgIpc) is 3.28. The predicted octanol–water partition coefficient (Wildman–Crippen LogP) is 2.77. The monoisotopic (exact) mass is 463 g/mol. The number of rotatable bonds is 8. The van der Waals surface area contributed by atoms with Crippen LogP contribution in [0, 0.1) is 5.92 Å². The van der Waals surface area contributed by atoms with Gasteiger partial charge in [0.25, 0.3) is 0 Å². The number of benzene rings is 1. The highest BCUT2D eigenvalue weighted by Crippen LogP contribution is 2.26. The van der Waals surface area contributed by atoms with E-state index in [0.29, 0.717) is 38.0 Å². The van der Waals surface area contributed by atoms with Gasteiger partial charge in [0.2, 0.25) is 15.9 Å². The van der Waals surface area contributed by atoms with E-state index in [9.17, 15) is 18.0 Å². The fraction of sp³-hybridized carbons (Fsp3) is 0.455. The first-order valence-corrected chi connectivity index (χ1v) is 12.6. The fourth-order valence-corrected chi connectivity index (χ4v) is 6.12. The molecule has 0 radical (unpaired) electrons. The maximum absolute atomic E-state index is 12.9. The van der Waals surface area contributed by atoms with Crippen molar-refractivity contribution in [2.45, 2.75) is 30.7 Å². The lowest BCUT2D eigenvalue weighted by Gasteiger charge is -2.31. The van der Waals surface area contributed by atoms with Gasteiger partial charge in [0.1, 0.15) is 0 Å². The minimum absolute atomic E-state index is 0.0220. The lowest BCUT2D eigenvalue weighted by atomic mass is 9.97. The smallest absolute Gasteiger partial charge is 0.243 e. The van der Waals surface area contributed by atoms with Crippen LogP contribution >= 0.6 is 11.3 Å². The summed E-state index contributed by atoms with van der Waals surface area (Å²) in [6, 6.07) is 10.2. The molecule has 31 heavy (non-hydrogen) atoms. The summed E-state index contributed by atoms with van der Waals surface area (Å²) in [6.07, 6.45) is 0.977. The van der Waals surface area contributed by atoms with Gasteiger partial charge < -0.3 is 10.2 Å². The van der Waals surface area contributed by atoms with Gasteiger partial charge in [-0.1, -0.05) is 18.2 Å². The first-order chi connectivity index (χ1) is 14.7. The van der Waals surface area contributed by atoms with Crippen LogP contribution in [0.25, 0.3) is 0 Å². The van der Waals surface area contributed by atoms with Crippen molar-refractivity contribution in [3.63, 3.8) is 0 Å². The number of hydrogen-bond acceptors (Lipinski definition) is 6. The van der Waals surface area contributed by atoms with E-state index in [0.717, 1.165) is 0 Å². The number of hydrogen-bond donors (Lipinski definition) is 1. The van der Waals surface area contributed by atoms with Crippen LogP contribution in [0.1, 0.15) is 41.0 Å². The Kier molecular flexibility index (Phi) is 7.64. The van der Waals surface area contributed by atoms with Gasteiger partial charge in [-0.2, -0.15) is 4.31 Å². The molecule has 1 atom stereocenters. The summed E-state index contributed by atoms with van der Waals surface area (Å²) in [5.41, 5.74) is 0.480. The number of ketones is 1. The molecule has 1 fully saturated rings. The number of amides is 1. The number of carbonyl (C=O) groups excluding carboxylic acids is 2. The molecule has 7 nitrogen and oxygen atoms in total. The maximum atomic E-state index is 12.9. The number of nitrogens with zero attached hydrogens (tertiary/aromatic N) is 2. The van der Waals surface area contributed by atoms with Crippen LogP contribution in [-0.2, 0) is 14.8 Å². The van der Waals surface area contributed by atoms with Gasteiger partial charge in [-0.25, -0.2) is 8.42 Å². The third-order valence-corrected chi connectivity index (χ3v) is 8.57. The standard InChI is InChI=1S/C22H29N3O4S2/c1-16(26)17-6-8-19(9-7-17)31(28,29)25-12-10-18(11-13-25)22(27)23-15-20(24(2)3)21-5-4-14-30-21/h4-9,14,18,20H,10-13,15H2,1-3H3,(H,23,27). The second kappa shape index (κ2) is 10.0. The summed E-state index contributed by atoms with van der Waals surface area (Å²) < 4.78 is 27.2. The van der Waals surface area contributed by atoms with Crippen LogP contribution in [0.2, 0.25) is 0 Å². The summed E-state index contributed by atoms with van der Waals surface area (Å²) in [6.45, 7) is 2.57. The van der Waals surface area contributed by atoms with Crippen molar-refractivity contribution in [2.24, 2.45) is 5.92 Å². The average molecular weight is 464 g/mol. The number of nitrogens with one attached hydrogen (secondary N) is 1. The van der Waals surface area contributed by atoms with E-state index in [1.54, 1.807) is 11.3 Å². The minimum Gasteiger partial charge on any atom is -0.354 e. The van der Waals surface area contributed by atoms with Crippen LogP contribution in [0.5, 0.6) is 0 Å². The van der Waals surface area contributed by atoms with E-state index in [4.69, 9.17) is 0 Å². The summed E-state index contributed by atoms with van der Waals surface area (Å²) in [4.78, 5) is 27.6. The van der Waals surface area contributed by atoms with Crippen molar-refractivity contribution in [3.05, 3.63) is 52.2 Å². The number of Topliss-reactive ketones (excluding diaryl/α,β-unsaturated/α-hetero) is 1. The Hall–Kier alpha value is -2.07. The quantitative estimate of drug-likeness (QED) is 0.609. The predicted molar refractivity (Wildman–Crippen MR) is 122 cm³/mol. The van der Waals surface area contributed by atoms with Gasteiger partial charge in [0, 0.05) is 36.0 Å². The van der Waals surface area contributed by atoms with Gasteiger partial charge in [0.05, 0.1) is 10.9 Å². The summed E-state index contributed by atoms with van der Waals surface area (Å²) in [5, 5.41) is 5.08. The molecule has 1 aliphatic heterocycles. The molecule has 1 saturated heterocycles. The molecule has 1 unspecified atom stereocenters. The number of thiophene rings is 1. The van der Waals surface area contributed by atoms with E-state index >= 15 is 0 Å². The van der Waals surface area contributed by atoms with Gasteiger partial charge in [-0.15, -0.1) is 11.3 Å². The normalized spacial score (nSPS) is 16.9. The van der Waals surface area contributed by atoms with Gasteiger partial charge in [-0.3, -0.25) is 9.59 Å². The molecule has 2 heterocycles. The Balaban J connectivity index is 1.55. The molecule has 1 amide bonds. The second-order valence-electron chi connectivity index (χ2n) is 8.00. The highest BCUT2D eigenvalue weighted by atomic mass is 32.2. The number of likely N-dealkylation sites (N-methyl/N-ethyl adjacent to an activating group) is 1. The van der Waals surface area contributed by atoms with E-state index in [-0.39, 0.29) is 28.5 Å². The van der Waals surface area contributed by atoms with Gasteiger partial charge in [0.15, 0.2) is 5.78 Å². The van der Waals surface area contributed by atoms with Crippen molar-refractivity contribution in [3.8, 4) is 0 Å². The Morgan fingerprint density at radius 2 is 1.81 bits per heavy atom. The molecule has 0 aliphatic carbocycles. The highest BCUT2D eigenvalue weighted by molar-refractivity contribution is 7.89. The zero-order valence-corrected chi connectivity index (χ0v) is 19.7.